The number of nitrogens with one attached hydrogen (secondary N) is 1. The van der Waals surface area contributed by atoms with E-state index in [0.717, 1.165) is 13.1 Å². The average molecular weight is 297 g/mol. The first-order chi connectivity index (χ1) is 10.1. The molecule has 1 saturated heterocycles. The zero-order chi connectivity index (χ0) is 15.7. The van der Waals surface area contributed by atoms with Crippen LogP contribution >= 0.6 is 0 Å². The highest BCUT2D eigenvalue weighted by Gasteiger charge is 2.22. The van der Waals surface area contributed by atoms with E-state index in [4.69, 9.17) is 0 Å². The van der Waals surface area contributed by atoms with Gasteiger partial charge < -0.3 is 10.2 Å². The van der Waals surface area contributed by atoms with Gasteiger partial charge in [-0.1, -0.05) is 33.1 Å². The Morgan fingerprint density at radius 3 is 2.38 bits per heavy atom. The Kier molecular flexibility index (Phi) is 8.93. The number of hydrogen-bond donors (Lipinski definition) is 1. The molecule has 1 rings (SSSR count). The van der Waals surface area contributed by atoms with Crippen molar-refractivity contribution in [2.75, 3.05) is 33.7 Å². The number of hydrogen-bond acceptors (Lipinski definition) is 3. The summed E-state index contributed by atoms with van der Waals surface area (Å²) in [7, 11) is 3.67. The van der Waals surface area contributed by atoms with Crippen LogP contribution in [-0.4, -0.2) is 61.5 Å². The Morgan fingerprint density at radius 2 is 1.86 bits per heavy atom. The van der Waals surface area contributed by atoms with E-state index in [1.165, 1.54) is 44.9 Å². The summed E-state index contributed by atoms with van der Waals surface area (Å²) in [6.45, 7) is 7.21. The van der Waals surface area contributed by atoms with Gasteiger partial charge in [-0.05, 0) is 25.7 Å². The normalized spacial score (nSPS) is 18.7. The molecule has 1 unspecified atom stereocenters. The number of rotatable bonds is 9. The summed E-state index contributed by atoms with van der Waals surface area (Å²) in [5, 5.41) is 3.87. The number of nitrogens with zero attached hydrogens (tertiary/aromatic N) is 2. The van der Waals surface area contributed by atoms with Crippen molar-refractivity contribution in [2.45, 2.75) is 70.9 Å². The van der Waals surface area contributed by atoms with E-state index in [1.807, 2.05) is 14.1 Å². The van der Waals surface area contributed by atoms with Crippen LogP contribution in [0.2, 0.25) is 0 Å². The lowest BCUT2D eigenvalue weighted by Gasteiger charge is -2.34. The molecule has 21 heavy (non-hydrogen) atoms. The first-order valence-corrected chi connectivity index (χ1v) is 8.75. The molecule has 0 aromatic rings. The highest BCUT2D eigenvalue weighted by atomic mass is 16.2. The minimum Gasteiger partial charge on any atom is -0.348 e. The van der Waals surface area contributed by atoms with Crippen LogP contribution in [0.5, 0.6) is 0 Å². The van der Waals surface area contributed by atoms with E-state index in [2.05, 4.69) is 24.1 Å². The second-order valence-electron chi connectivity index (χ2n) is 6.63. The molecule has 0 bridgehead atoms. The third kappa shape index (κ3) is 7.28. The summed E-state index contributed by atoms with van der Waals surface area (Å²) >= 11 is 0. The fourth-order valence-electron chi connectivity index (χ4n) is 3.03. The molecule has 0 radical (unpaired) electrons. The van der Waals surface area contributed by atoms with Crippen LogP contribution in [-0.2, 0) is 4.79 Å². The monoisotopic (exact) mass is 297 g/mol. The van der Waals surface area contributed by atoms with Gasteiger partial charge in [-0.2, -0.15) is 0 Å². The molecule has 1 aliphatic rings. The van der Waals surface area contributed by atoms with Gasteiger partial charge in [0.15, 0.2) is 0 Å². The second kappa shape index (κ2) is 10.2. The van der Waals surface area contributed by atoms with Gasteiger partial charge in [-0.3, -0.25) is 9.69 Å². The van der Waals surface area contributed by atoms with Crippen molar-refractivity contribution in [1.82, 2.24) is 15.1 Å². The summed E-state index contributed by atoms with van der Waals surface area (Å²) in [5.74, 6) is 0.216. The maximum Gasteiger partial charge on any atom is 0.236 e. The van der Waals surface area contributed by atoms with Crippen LogP contribution < -0.4 is 5.32 Å². The van der Waals surface area contributed by atoms with Crippen molar-refractivity contribution in [3.05, 3.63) is 0 Å². The summed E-state index contributed by atoms with van der Waals surface area (Å²) in [6.07, 6.45) is 8.82. The molecule has 0 saturated carbocycles. The van der Waals surface area contributed by atoms with Crippen molar-refractivity contribution in [3.8, 4) is 0 Å². The zero-order valence-corrected chi connectivity index (χ0v) is 14.5. The van der Waals surface area contributed by atoms with E-state index >= 15 is 0 Å². The largest absolute Gasteiger partial charge is 0.348 e. The average Bonchev–Trinajstić information content (AvgIpc) is 2.46. The summed E-state index contributed by atoms with van der Waals surface area (Å²) in [4.78, 5) is 15.7. The van der Waals surface area contributed by atoms with Crippen LogP contribution in [0.15, 0.2) is 0 Å². The number of likely N-dealkylation sites (tertiary alicyclic amines) is 1. The van der Waals surface area contributed by atoms with Crippen molar-refractivity contribution in [3.63, 3.8) is 0 Å². The SMILES string of the molecule is CCCCC(CCC)NC1CCN(CC(=O)N(C)C)CC1. The molecule has 1 fully saturated rings. The quantitative estimate of drug-likeness (QED) is 0.710. The predicted octanol–water partition coefficient (Wildman–Crippen LogP) is 2.49. The first-order valence-electron chi connectivity index (χ1n) is 8.75. The fourth-order valence-corrected chi connectivity index (χ4v) is 3.03. The number of amides is 1. The van der Waals surface area contributed by atoms with Gasteiger partial charge in [0.2, 0.25) is 5.91 Å². The Labute approximate surface area is 131 Å². The lowest BCUT2D eigenvalue weighted by Crippen LogP contribution is -2.48. The molecular formula is C17H35N3O. The fraction of sp³-hybridized carbons (Fsp3) is 0.941. The highest BCUT2D eigenvalue weighted by molar-refractivity contribution is 5.77. The topological polar surface area (TPSA) is 35.6 Å². The number of carbonyl (C=O) groups is 1. The molecule has 1 atom stereocenters. The summed E-state index contributed by atoms with van der Waals surface area (Å²) in [5.41, 5.74) is 0. The highest BCUT2D eigenvalue weighted by Crippen LogP contribution is 2.14. The molecule has 4 heteroatoms. The van der Waals surface area contributed by atoms with Crippen molar-refractivity contribution in [1.29, 1.82) is 0 Å². The minimum absolute atomic E-state index is 0.216. The smallest absolute Gasteiger partial charge is 0.236 e. The van der Waals surface area contributed by atoms with Crippen molar-refractivity contribution < 1.29 is 4.79 Å². The van der Waals surface area contributed by atoms with E-state index in [1.54, 1.807) is 4.90 Å². The predicted molar refractivity (Wildman–Crippen MR) is 89.5 cm³/mol. The number of carbonyl (C=O) groups excluding carboxylic acids is 1. The lowest BCUT2D eigenvalue weighted by molar-refractivity contribution is -0.130. The summed E-state index contributed by atoms with van der Waals surface area (Å²) in [6, 6.07) is 1.33. The number of unbranched alkanes of at least 4 members (excludes halogenated alkanes) is 1. The zero-order valence-electron chi connectivity index (χ0n) is 14.5. The number of piperidine rings is 1. The third-order valence-corrected chi connectivity index (χ3v) is 4.46. The molecule has 1 aliphatic heterocycles. The van der Waals surface area contributed by atoms with Crippen LogP contribution in [0.25, 0.3) is 0 Å². The Morgan fingerprint density at radius 1 is 1.19 bits per heavy atom. The van der Waals surface area contributed by atoms with Gasteiger partial charge in [0.25, 0.3) is 0 Å². The van der Waals surface area contributed by atoms with Gasteiger partial charge in [-0.25, -0.2) is 0 Å². The van der Waals surface area contributed by atoms with Gasteiger partial charge in [0.05, 0.1) is 6.54 Å². The van der Waals surface area contributed by atoms with Crippen LogP contribution in [0.1, 0.15) is 58.8 Å². The maximum absolute atomic E-state index is 11.7. The molecule has 0 spiro atoms. The third-order valence-electron chi connectivity index (χ3n) is 4.46. The van der Waals surface area contributed by atoms with Gasteiger partial charge in [0.1, 0.15) is 0 Å². The molecule has 1 amide bonds. The Balaban J connectivity index is 2.29. The van der Waals surface area contributed by atoms with E-state index in [0.29, 0.717) is 18.6 Å². The standard InChI is InChI=1S/C17H35N3O/c1-5-7-9-15(8-6-2)18-16-10-12-20(13-11-16)14-17(21)19(3)4/h15-16,18H,5-14H2,1-4H3. The van der Waals surface area contributed by atoms with E-state index in [-0.39, 0.29) is 5.91 Å². The molecule has 0 aromatic heterocycles. The van der Waals surface area contributed by atoms with Gasteiger partial charge in [-0.15, -0.1) is 0 Å². The van der Waals surface area contributed by atoms with Crippen LogP contribution in [0.3, 0.4) is 0 Å². The minimum atomic E-state index is 0.216. The van der Waals surface area contributed by atoms with Crippen molar-refractivity contribution >= 4 is 5.91 Å². The molecule has 1 N–H and O–H groups in total. The summed E-state index contributed by atoms with van der Waals surface area (Å²) < 4.78 is 0. The van der Waals surface area contributed by atoms with E-state index < -0.39 is 0 Å². The molecular weight excluding hydrogens is 262 g/mol. The number of likely N-dealkylation sites (N-methyl/N-ethyl adjacent to an activating group) is 1. The second-order valence-corrected chi connectivity index (χ2v) is 6.63. The molecule has 0 aromatic carbocycles. The van der Waals surface area contributed by atoms with Crippen LogP contribution in [0.4, 0.5) is 0 Å². The lowest BCUT2D eigenvalue weighted by atomic mass is 9.99. The molecule has 1 heterocycles. The first kappa shape index (κ1) is 18.4. The molecule has 124 valence electrons. The van der Waals surface area contributed by atoms with E-state index in [9.17, 15) is 4.79 Å². The van der Waals surface area contributed by atoms with Gasteiger partial charge in [0, 0.05) is 39.3 Å². The van der Waals surface area contributed by atoms with Gasteiger partial charge >= 0.3 is 0 Å². The Bertz CT molecular complexity index is 286. The molecule has 4 nitrogen and oxygen atoms in total. The molecule has 0 aliphatic carbocycles. The van der Waals surface area contributed by atoms with Crippen LogP contribution in [0, 0.1) is 0 Å². The Hall–Kier alpha value is -0.610. The maximum atomic E-state index is 11.7. The van der Waals surface area contributed by atoms with Crippen molar-refractivity contribution in [2.24, 2.45) is 0 Å².